The predicted molar refractivity (Wildman–Crippen MR) is 86.8 cm³/mol. The van der Waals surface area contributed by atoms with E-state index in [-0.39, 0.29) is 0 Å². The summed E-state index contributed by atoms with van der Waals surface area (Å²) in [6.45, 7) is 3.45. The lowest BCUT2D eigenvalue weighted by Crippen LogP contribution is -2.34. The zero-order valence-electron chi connectivity index (χ0n) is 11.9. The molecule has 3 nitrogen and oxygen atoms in total. The number of hydrogen-bond donors (Lipinski definition) is 1. The molecule has 0 saturated heterocycles. The quantitative estimate of drug-likeness (QED) is 0.880. The van der Waals surface area contributed by atoms with Crippen LogP contribution < -0.4 is 10.5 Å². The van der Waals surface area contributed by atoms with Crippen LogP contribution in [0.3, 0.4) is 0 Å². The molecule has 3 rings (SSSR count). The third-order valence-electron chi connectivity index (χ3n) is 3.89. The van der Waals surface area contributed by atoms with Gasteiger partial charge in [0.1, 0.15) is 12.4 Å². The van der Waals surface area contributed by atoms with Crippen LogP contribution >= 0.6 is 11.6 Å². The monoisotopic (exact) mass is 302 g/mol. The largest absolute Gasteiger partial charge is 0.491 e. The molecule has 1 heterocycles. The molecule has 0 radical (unpaired) electrons. The molecule has 0 saturated carbocycles. The molecular formula is C17H19ClN2O. The number of benzene rings is 2. The zero-order chi connectivity index (χ0) is 14.7. The number of anilines is 1. The summed E-state index contributed by atoms with van der Waals surface area (Å²) in [6, 6.07) is 13.7. The summed E-state index contributed by atoms with van der Waals surface area (Å²) in [6.07, 6.45) is 1.05. The van der Waals surface area contributed by atoms with Crippen molar-refractivity contribution in [2.24, 2.45) is 0 Å². The summed E-state index contributed by atoms with van der Waals surface area (Å²) >= 11 is 6.08. The van der Waals surface area contributed by atoms with Gasteiger partial charge in [-0.25, -0.2) is 0 Å². The van der Waals surface area contributed by atoms with Crippen LogP contribution in [-0.4, -0.2) is 24.6 Å². The molecule has 1 aliphatic rings. The van der Waals surface area contributed by atoms with Gasteiger partial charge in [0.05, 0.1) is 5.02 Å². The normalized spacial score (nSPS) is 14.7. The lowest BCUT2D eigenvalue weighted by Gasteiger charge is -2.29. The summed E-state index contributed by atoms with van der Waals surface area (Å²) in [4.78, 5) is 2.37. The summed E-state index contributed by atoms with van der Waals surface area (Å²) in [5, 5.41) is 0.658. The molecule has 0 aliphatic carbocycles. The molecule has 0 atom stereocenters. The van der Waals surface area contributed by atoms with Crippen LogP contribution in [0.1, 0.15) is 11.1 Å². The van der Waals surface area contributed by atoms with Gasteiger partial charge < -0.3 is 10.5 Å². The topological polar surface area (TPSA) is 38.5 Å². The fourth-order valence-corrected chi connectivity index (χ4v) is 2.89. The fourth-order valence-electron chi connectivity index (χ4n) is 2.70. The molecule has 0 amide bonds. The molecule has 1 aliphatic heterocycles. The second-order valence-electron chi connectivity index (χ2n) is 5.29. The van der Waals surface area contributed by atoms with E-state index in [0.717, 1.165) is 37.5 Å². The first-order valence-corrected chi connectivity index (χ1v) is 7.58. The highest BCUT2D eigenvalue weighted by Gasteiger charge is 2.17. The van der Waals surface area contributed by atoms with E-state index in [0.29, 0.717) is 11.6 Å². The lowest BCUT2D eigenvalue weighted by molar-refractivity contribution is 0.196. The SMILES string of the molecule is Nc1cccc2c1CN(CCOc1ccccc1Cl)CC2. The Labute approximate surface area is 130 Å². The van der Waals surface area contributed by atoms with Gasteiger partial charge in [0.15, 0.2) is 0 Å². The number of para-hydroxylation sites is 1. The number of nitrogen functional groups attached to an aromatic ring is 1. The molecule has 0 fully saturated rings. The first-order chi connectivity index (χ1) is 10.2. The first-order valence-electron chi connectivity index (χ1n) is 7.20. The Balaban J connectivity index is 1.56. The maximum absolute atomic E-state index is 6.08. The Morgan fingerprint density at radius 3 is 2.86 bits per heavy atom. The average Bonchev–Trinajstić information content (AvgIpc) is 2.50. The third kappa shape index (κ3) is 3.31. The molecular weight excluding hydrogens is 284 g/mol. The average molecular weight is 303 g/mol. The van der Waals surface area contributed by atoms with E-state index in [1.54, 1.807) is 0 Å². The van der Waals surface area contributed by atoms with Crippen molar-refractivity contribution in [3.63, 3.8) is 0 Å². The molecule has 0 unspecified atom stereocenters. The Hall–Kier alpha value is -1.71. The van der Waals surface area contributed by atoms with E-state index >= 15 is 0 Å². The van der Waals surface area contributed by atoms with E-state index < -0.39 is 0 Å². The summed E-state index contributed by atoms with van der Waals surface area (Å²) in [5.74, 6) is 0.746. The third-order valence-corrected chi connectivity index (χ3v) is 4.20. The Morgan fingerprint density at radius 1 is 1.14 bits per heavy atom. The van der Waals surface area contributed by atoms with Gasteiger partial charge in [-0.3, -0.25) is 4.90 Å². The van der Waals surface area contributed by atoms with Crippen molar-refractivity contribution in [1.29, 1.82) is 0 Å². The number of nitrogens with zero attached hydrogens (tertiary/aromatic N) is 1. The molecule has 2 aromatic carbocycles. The van der Waals surface area contributed by atoms with Crippen LogP contribution in [-0.2, 0) is 13.0 Å². The predicted octanol–water partition coefficient (Wildman–Crippen LogP) is 3.36. The number of halogens is 1. The summed E-state index contributed by atoms with van der Waals surface area (Å²) in [5.41, 5.74) is 9.60. The number of rotatable bonds is 4. The van der Waals surface area contributed by atoms with Gasteiger partial charge in [0.2, 0.25) is 0 Å². The van der Waals surface area contributed by atoms with Crippen molar-refractivity contribution in [3.8, 4) is 5.75 Å². The smallest absolute Gasteiger partial charge is 0.137 e. The van der Waals surface area contributed by atoms with Gasteiger partial charge in [-0.1, -0.05) is 35.9 Å². The van der Waals surface area contributed by atoms with E-state index in [1.807, 2.05) is 36.4 Å². The van der Waals surface area contributed by atoms with Crippen LogP contribution in [0.15, 0.2) is 42.5 Å². The second-order valence-corrected chi connectivity index (χ2v) is 5.70. The summed E-state index contributed by atoms with van der Waals surface area (Å²) in [7, 11) is 0. The van der Waals surface area contributed by atoms with E-state index in [2.05, 4.69) is 11.0 Å². The van der Waals surface area contributed by atoms with Crippen molar-refractivity contribution in [2.45, 2.75) is 13.0 Å². The van der Waals surface area contributed by atoms with E-state index in [4.69, 9.17) is 22.1 Å². The standard InChI is InChI=1S/C17H19ClN2O/c18-15-5-1-2-7-17(15)21-11-10-20-9-8-13-4-3-6-16(19)14(13)12-20/h1-7H,8-12,19H2. The highest BCUT2D eigenvalue weighted by molar-refractivity contribution is 6.32. The molecule has 2 aromatic rings. The molecule has 4 heteroatoms. The maximum atomic E-state index is 6.08. The lowest BCUT2D eigenvalue weighted by atomic mass is 9.98. The van der Waals surface area contributed by atoms with Crippen molar-refractivity contribution >= 4 is 17.3 Å². The highest BCUT2D eigenvalue weighted by Crippen LogP contribution is 2.25. The molecule has 21 heavy (non-hydrogen) atoms. The van der Waals surface area contributed by atoms with Crippen LogP contribution in [0.5, 0.6) is 5.75 Å². The summed E-state index contributed by atoms with van der Waals surface area (Å²) < 4.78 is 5.75. The van der Waals surface area contributed by atoms with Crippen LogP contribution in [0.25, 0.3) is 0 Å². The minimum Gasteiger partial charge on any atom is -0.491 e. The minimum atomic E-state index is 0.631. The van der Waals surface area contributed by atoms with Crippen molar-refractivity contribution < 1.29 is 4.74 Å². The van der Waals surface area contributed by atoms with Crippen LogP contribution in [0.2, 0.25) is 5.02 Å². The van der Waals surface area contributed by atoms with Crippen molar-refractivity contribution in [1.82, 2.24) is 4.90 Å². The van der Waals surface area contributed by atoms with E-state index in [9.17, 15) is 0 Å². The number of hydrogen-bond acceptors (Lipinski definition) is 3. The number of fused-ring (bicyclic) bond motifs is 1. The molecule has 0 bridgehead atoms. The Morgan fingerprint density at radius 2 is 2.00 bits per heavy atom. The molecule has 0 spiro atoms. The van der Waals surface area contributed by atoms with Gasteiger partial charge in [-0.05, 0) is 35.7 Å². The van der Waals surface area contributed by atoms with Crippen LogP contribution in [0, 0.1) is 0 Å². The zero-order valence-corrected chi connectivity index (χ0v) is 12.6. The first kappa shape index (κ1) is 14.2. The van der Waals surface area contributed by atoms with Crippen molar-refractivity contribution in [3.05, 3.63) is 58.6 Å². The second kappa shape index (κ2) is 6.37. The molecule has 0 aromatic heterocycles. The highest BCUT2D eigenvalue weighted by atomic mass is 35.5. The number of nitrogens with two attached hydrogens (primary N) is 1. The van der Waals surface area contributed by atoms with Gasteiger partial charge in [0, 0.05) is 25.3 Å². The van der Waals surface area contributed by atoms with Crippen LogP contribution in [0.4, 0.5) is 5.69 Å². The molecule has 2 N–H and O–H groups in total. The van der Waals surface area contributed by atoms with Gasteiger partial charge in [0.25, 0.3) is 0 Å². The fraction of sp³-hybridized carbons (Fsp3) is 0.294. The Bertz CT molecular complexity index is 630. The maximum Gasteiger partial charge on any atom is 0.137 e. The van der Waals surface area contributed by atoms with Gasteiger partial charge >= 0.3 is 0 Å². The van der Waals surface area contributed by atoms with Gasteiger partial charge in [-0.2, -0.15) is 0 Å². The molecule has 110 valence electrons. The van der Waals surface area contributed by atoms with E-state index in [1.165, 1.54) is 11.1 Å². The number of ether oxygens (including phenoxy) is 1. The van der Waals surface area contributed by atoms with Gasteiger partial charge in [-0.15, -0.1) is 0 Å². The Kier molecular flexibility index (Phi) is 4.32. The minimum absolute atomic E-state index is 0.631. The van der Waals surface area contributed by atoms with Crippen molar-refractivity contribution in [2.75, 3.05) is 25.4 Å².